The second kappa shape index (κ2) is 5.98. The Hall–Kier alpha value is -0.980. The van der Waals surface area contributed by atoms with E-state index in [9.17, 15) is 8.42 Å². The molecule has 0 radical (unpaired) electrons. The van der Waals surface area contributed by atoms with Crippen LogP contribution in [0.5, 0.6) is 0 Å². The smallest absolute Gasteiger partial charge is 0.244 e. The highest BCUT2D eigenvalue weighted by atomic mass is 32.2. The first-order valence-corrected chi connectivity index (χ1v) is 8.14. The van der Waals surface area contributed by atoms with E-state index >= 15 is 0 Å². The van der Waals surface area contributed by atoms with E-state index in [1.54, 1.807) is 22.6 Å². The number of nitrogens with zero attached hydrogens (tertiary/aromatic N) is 2. The van der Waals surface area contributed by atoms with Crippen molar-refractivity contribution in [1.82, 2.24) is 9.29 Å². The topological polar surface area (TPSA) is 76.3 Å². The van der Waals surface area contributed by atoms with Crippen molar-refractivity contribution >= 4 is 10.0 Å². The van der Waals surface area contributed by atoms with Crippen LogP contribution >= 0.6 is 0 Å². The Morgan fingerprint density at radius 3 is 2.95 bits per heavy atom. The minimum Gasteiger partial charge on any atom is -0.325 e. The minimum absolute atomic E-state index is 0.139. The van der Waals surface area contributed by atoms with Crippen LogP contribution in [0.3, 0.4) is 0 Å². The molecule has 0 spiro atoms. The van der Waals surface area contributed by atoms with Gasteiger partial charge in [0.15, 0.2) is 0 Å². The molecule has 1 aromatic heterocycles. The maximum atomic E-state index is 12.7. The monoisotopic (exact) mass is 283 g/mol. The predicted octanol–water partition coefficient (Wildman–Crippen LogP) is 1.35. The van der Waals surface area contributed by atoms with Gasteiger partial charge in [0.25, 0.3) is 0 Å². The first-order chi connectivity index (χ1) is 9.05. The second-order valence-electron chi connectivity index (χ2n) is 5.09. The van der Waals surface area contributed by atoms with Gasteiger partial charge in [-0.15, -0.1) is 0 Å². The Morgan fingerprint density at radius 2 is 2.21 bits per heavy atom. The van der Waals surface area contributed by atoms with E-state index in [1.807, 2.05) is 0 Å². The van der Waals surface area contributed by atoms with Crippen molar-refractivity contribution in [1.29, 1.82) is 0 Å². The SMILES string of the molecule is CC1CCCN(S(=O)(=O)c2cccnc2CN)CC1. The number of aromatic nitrogens is 1. The quantitative estimate of drug-likeness (QED) is 0.908. The van der Waals surface area contributed by atoms with Gasteiger partial charge in [0.2, 0.25) is 10.0 Å². The van der Waals surface area contributed by atoms with Gasteiger partial charge in [-0.1, -0.05) is 6.92 Å². The average molecular weight is 283 g/mol. The molecule has 1 aliphatic rings. The average Bonchev–Trinajstić information content (AvgIpc) is 2.64. The molecule has 1 aliphatic heterocycles. The molecule has 1 fully saturated rings. The van der Waals surface area contributed by atoms with Crippen LogP contribution in [-0.4, -0.2) is 30.8 Å². The summed E-state index contributed by atoms with van der Waals surface area (Å²) in [7, 11) is -3.46. The molecule has 1 atom stereocenters. The Kier molecular flexibility index (Phi) is 4.54. The van der Waals surface area contributed by atoms with Gasteiger partial charge < -0.3 is 5.73 Å². The summed E-state index contributed by atoms with van der Waals surface area (Å²) in [5.41, 5.74) is 6.03. The zero-order valence-corrected chi connectivity index (χ0v) is 12.1. The van der Waals surface area contributed by atoms with Crippen LogP contribution in [0.25, 0.3) is 0 Å². The van der Waals surface area contributed by atoms with Gasteiger partial charge in [0, 0.05) is 25.8 Å². The third-order valence-electron chi connectivity index (χ3n) is 3.64. The number of hydrogen-bond donors (Lipinski definition) is 1. The highest BCUT2D eigenvalue weighted by Crippen LogP contribution is 2.24. The van der Waals surface area contributed by atoms with E-state index in [4.69, 9.17) is 5.73 Å². The van der Waals surface area contributed by atoms with Crippen molar-refractivity contribution in [2.45, 2.75) is 37.6 Å². The first kappa shape index (κ1) is 14.4. The number of sulfonamides is 1. The van der Waals surface area contributed by atoms with E-state index in [0.29, 0.717) is 24.7 Å². The zero-order chi connectivity index (χ0) is 13.9. The van der Waals surface area contributed by atoms with E-state index < -0.39 is 10.0 Å². The van der Waals surface area contributed by atoms with Gasteiger partial charge in [-0.25, -0.2) is 8.42 Å². The number of nitrogens with two attached hydrogens (primary N) is 1. The van der Waals surface area contributed by atoms with Crippen LogP contribution in [0.15, 0.2) is 23.2 Å². The molecule has 106 valence electrons. The molecule has 2 heterocycles. The molecule has 2 rings (SSSR count). The maximum absolute atomic E-state index is 12.7. The molecule has 0 saturated carbocycles. The molecule has 0 aliphatic carbocycles. The van der Waals surface area contributed by atoms with Gasteiger partial charge >= 0.3 is 0 Å². The van der Waals surface area contributed by atoms with Crippen LogP contribution in [0.1, 0.15) is 31.9 Å². The van der Waals surface area contributed by atoms with E-state index in [-0.39, 0.29) is 11.4 Å². The fraction of sp³-hybridized carbons (Fsp3) is 0.615. The standard InChI is InChI=1S/C13H21N3O2S/c1-11-4-3-8-16(9-6-11)19(17,18)13-5-2-7-15-12(13)10-14/h2,5,7,11H,3-4,6,8-10,14H2,1H3. The lowest BCUT2D eigenvalue weighted by Crippen LogP contribution is -2.33. The van der Waals surface area contributed by atoms with Crippen LogP contribution in [0, 0.1) is 5.92 Å². The summed E-state index contributed by atoms with van der Waals surface area (Å²) in [5.74, 6) is 0.586. The maximum Gasteiger partial charge on any atom is 0.244 e. The van der Waals surface area contributed by atoms with Gasteiger partial charge in [-0.2, -0.15) is 4.31 Å². The lowest BCUT2D eigenvalue weighted by Gasteiger charge is -2.21. The van der Waals surface area contributed by atoms with Crippen molar-refractivity contribution < 1.29 is 8.42 Å². The van der Waals surface area contributed by atoms with E-state index in [1.165, 1.54) is 0 Å². The summed E-state index contributed by atoms with van der Waals surface area (Å²) in [4.78, 5) is 4.32. The van der Waals surface area contributed by atoms with E-state index in [2.05, 4.69) is 11.9 Å². The lowest BCUT2D eigenvalue weighted by molar-refractivity contribution is 0.416. The molecule has 1 unspecified atom stereocenters. The van der Waals surface area contributed by atoms with Crippen molar-refractivity contribution in [2.24, 2.45) is 11.7 Å². The molecular formula is C13H21N3O2S. The molecule has 1 aromatic rings. The molecule has 0 aromatic carbocycles. The fourth-order valence-electron chi connectivity index (χ4n) is 2.43. The van der Waals surface area contributed by atoms with Crippen molar-refractivity contribution in [3.8, 4) is 0 Å². The fourth-order valence-corrected chi connectivity index (χ4v) is 4.11. The number of hydrogen-bond acceptors (Lipinski definition) is 4. The third-order valence-corrected chi connectivity index (χ3v) is 5.61. The predicted molar refractivity (Wildman–Crippen MR) is 73.9 cm³/mol. The Bertz CT molecular complexity index is 530. The number of rotatable bonds is 3. The van der Waals surface area contributed by atoms with E-state index in [0.717, 1.165) is 19.3 Å². The Balaban J connectivity index is 2.31. The van der Waals surface area contributed by atoms with Crippen LogP contribution in [0.2, 0.25) is 0 Å². The van der Waals surface area contributed by atoms with Gasteiger partial charge in [0.1, 0.15) is 4.90 Å². The highest BCUT2D eigenvalue weighted by molar-refractivity contribution is 7.89. The molecule has 5 nitrogen and oxygen atoms in total. The van der Waals surface area contributed by atoms with Gasteiger partial charge in [0.05, 0.1) is 5.69 Å². The van der Waals surface area contributed by atoms with Crippen molar-refractivity contribution in [3.63, 3.8) is 0 Å². The van der Waals surface area contributed by atoms with Crippen molar-refractivity contribution in [2.75, 3.05) is 13.1 Å². The molecule has 0 bridgehead atoms. The summed E-state index contributed by atoms with van der Waals surface area (Å²) in [6, 6.07) is 3.24. The summed E-state index contributed by atoms with van der Waals surface area (Å²) in [5, 5.41) is 0. The van der Waals surface area contributed by atoms with Gasteiger partial charge in [-0.05, 0) is 37.3 Å². The van der Waals surface area contributed by atoms with Crippen LogP contribution < -0.4 is 5.73 Å². The molecule has 0 amide bonds. The van der Waals surface area contributed by atoms with Crippen molar-refractivity contribution in [3.05, 3.63) is 24.0 Å². The molecule has 1 saturated heterocycles. The van der Waals surface area contributed by atoms with Crippen LogP contribution in [0.4, 0.5) is 0 Å². The zero-order valence-electron chi connectivity index (χ0n) is 11.2. The summed E-state index contributed by atoms with van der Waals surface area (Å²) < 4.78 is 26.9. The Labute approximate surface area is 114 Å². The minimum atomic E-state index is -3.46. The summed E-state index contributed by atoms with van der Waals surface area (Å²) >= 11 is 0. The molecular weight excluding hydrogens is 262 g/mol. The van der Waals surface area contributed by atoms with Gasteiger partial charge in [-0.3, -0.25) is 4.98 Å². The Morgan fingerprint density at radius 1 is 1.42 bits per heavy atom. The second-order valence-corrected chi connectivity index (χ2v) is 7.00. The summed E-state index contributed by atoms with van der Waals surface area (Å²) in [6.07, 6.45) is 4.49. The molecule has 6 heteroatoms. The first-order valence-electron chi connectivity index (χ1n) is 6.70. The lowest BCUT2D eigenvalue weighted by atomic mass is 10.0. The largest absolute Gasteiger partial charge is 0.325 e. The highest BCUT2D eigenvalue weighted by Gasteiger charge is 2.28. The molecule has 19 heavy (non-hydrogen) atoms. The molecule has 2 N–H and O–H groups in total. The third kappa shape index (κ3) is 3.13. The van der Waals surface area contributed by atoms with Crippen LogP contribution in [-0.2, 0) is 16.6 Å². The normalized spacial score (nSPS) is 22.1. The summed E-state index contributed by atoms with van der Waals surface area (Å²) in [6.45, 7) is 3.49. The number of pyridine rings is 1.